The normalized spacial score (nSPS) is 20.7. The van der Waals surface area contributed by atoms with Gasteiger partial charge in [-0.3, -0.25) is 4.90 Å². The topological polar surface area (TPSA) is 70.1 Å². The quantitative estimate of drug-likeness (QED) is 0.508. The molecule has 0 aromatic heterocycles. The summed E-state index contributed by atoms with van der Waals surface area (Å²) in [6, 6.07) is 20.8. The lowest BCUT2D eigenvalue weighted by atomic mass is 10.0. The van der Waals surface area contributed by atoms with E-state index >= 15 is 0 Å². The van der Waals surface area contributed by atoms with E-state index in [4.69, 9.17) is 4.74 Å². The molecule has 3 aromatic rings. The molecule has 0 aliphatic carbocycles. The van der Waals surface area contributed by atoms with E-state index in [9.17, 15) is 17.9 Å². The van der Waals surface area contributed by atoms with E-state index in [1.54, 1.807) is 31.2 Å². The number of fused-ring (bicyclic) bond motifs is 1. The van der Waals surface area contributed by atoms with Crippen LogP contribution in [0.3, 0.4) is 0 Å². The van der Waals surface area contributed by atoms with Crippen molar-refractivity contribution in [3.8, 4) is 16.9 Å². The number of sulfonamides is 1. The lowest BCUT2D eigenvalue weighted by molar-refractivity contribution is 0.0734. The van der Waals surface area contributed by atoms with Crippen LogP contribution in [0.1, 0.15) is 19.4 Å². The number of benzene rings is 3. The van der Waals surface area contributed by atoms with Crippen LogP contribution < -0.4 is 4.74 Å². The maximum absolute atomic E-state index is 13.7. The van der Waals surface area contributed by atoms with Crippen LogP contribution in [0.5, 0.6) is 5.75 Å². The van der Waals surface area contributed by atoms with E-state index in [2.05, 4.69) is 0 Å². The number of aliphatic hydroxyl groups excluding tert-OH is 1. The molecular formula is C28H33FN2O4S. The van der Waals surface area contributed by atoms with Crippen molar-refractivity contribution in [1.29, 1.82) is 0 Å². The van der Waals surface area contributed by atoms with Crippen LogP contribution in [-0.4, -0.2) is 61.6 Å². The summed E-state index contributed by atoms with van der Waals surface area (Å²) in [4.78, 5) is 2.14. The Morgan fingerprint density at radius 3 is 2.53 bits per heavy atom. The maximum atomic E-state index is 13.7. The van der Waals surface area contributed by atoms with Crippen molar-refractivity contribution < 1.29 is 22.7 Å². The molecule has 0 fully saturated rings. The van der Waals surface area contributed by atoms with Gasteiger partial charge in [0.05, 0.1) is 6.61 Å². The molecule has 0 saturated carbocycles. The molecule has 192 valence electrons. The van der Waals surface area contributed by atoms with Crippen LogP contribution in [0.4, 0.5) is 4.39 Å². The third-order valence-corrected chi connectivity index (χ3v) is 8.63. The number of likely N-dealkylation sites (N-methyl/N-ethyl adjacent to an activating group) is 1. The minimum Gasteiger partial charge on any atom is -0.487 e. The minimum absolute atomic E-state index is 0.0900. The number of ether oxygens (including phenoxy) is 1. The number of hydrogen-bond donors (Lipinski definition) is 1. The average molecular weight is 513 g/mol. The lowest BCUT2D eigenvalue weighted by Crippen LogP contribution is -2.49. The van der Waals surface area contributed by atoms with Gasteiger partial charge in [-0.05, 0) is 54.9 Å². The monoisotopic (exact) mass is 512 g/mol. The molecule has 1 heterocycles. The largest absolute Gasteiger partial charge is 0.487 e. The van der Waals surface area contributed by atoms with Gasteiger partial charge in [-0.25, -0.2) is 12.8 Å². The molecule has 0 bridgehead atoms. The molecule has 0 saturated heterocycles. The molecule has 3 aromatic carbocycles. The first-order valence-electron chi connectivity index (χ1n) is 12.1. The third-order valence-electron chi connectivity index (χ3n) is 6.61. The van der Waals surface area contributed by atoms with Crippen molar-refractivity contribution in [3.05, 3.63) is 84.2 Å². The van der Waals surface area contributed by atoms with Crippen molar-refractivity contribution in [2.24, 2.45) is 5.92 Å². The van der Waals surface area contributed by atoms with Crippen molar-refractivity contribution in [1.82, 2.24) is 9.21 Å². The molecule has 1 N–H and O–H groups in total. The summed E-state index contributed by atoms with van der Waals surface area (Å²) in [5.41, 5.74) is 2.66. The lowest BCUT2D eigenvalue weighted by Gasteiger charge is -2.37. The average Bonchev–Trinajstić information content (AvgIpc) is 2.86. The van der Waals surface area contributed by atoms with Gasteiger partial charge in [0.2, 0.25) is 10.0 Å². The SMILES string of the molecule is C[C@@H]1CN([C@@H](C)CO)S(=O)(=O)c2ccc(-c3ccccc3)cc2O[C@@H]1CN(C)Cc1cccc(F)c1. The molecule has 1 aliphatic rings. The van der Waals surface area contributed by atoms with Crippen LogP contribution in [-0.2, 0) is 16.6 Å². The van der Waals surface area contributed by atoms with E-state index in [1.807, 2.05) is 55.3 Å². The van der Waals surface area contributed by atoms with E-state index < -0.39 is 16.1 Å². The van der Waals surface area contributed by atoms with Crippen LogP contribution in [0.15, 0.2) is 77.7 Å². The Labute approximate surface area is 213 Å². The summed E-state index contributed by atoms with van der Waals surface area (Å²) in [6.07, 6.45) is -0.336. The Hall–Kier alpha value is -2.78. The summed E-state index contributed by atoms with van der Waals surface area (Å²) < 4.78 is 48.8. The van der Waals surface area contributed by atoms with Gasteiger partial charge in [0.15, 0.2) is 0 Å². The highest BCUT2D eigenvalue weighted by molar-refractivity contribution is 7.89. The Balaban J connectivity index is 1.71. The predicted molar refractivity (Wildman–Crippen MR) is 139 cm³/mol. The van der Waals surface area contributed by atoms with Crippen molar-refractivity contribution >= 4 is 10.0 Å². The van der Waals surface area contributed by atoms with Gasteiger partial charge in [-0.2, -0.15) is 4.31 Å². The zero-order chi connectivity index (χ0) is 25.9. The second kappa shape index (κ2) is 11.1. The van der Waals surface area contributed by atoms with Gasteiger partial charge in [-0.15, -0.1) is 0 Å². The highest BCUT2D eigenvalue weighted by Crippen LogP contribution is 2.36. The van der Waals surface area contributed by atoms with E-state index in [1.165, 1.54) is 16.4 Å². The first kappa shape index (κ1) is 26.3. The number of aliphatic hydroxyl groups is 1. The Bertz CT molecular complexity index is 1290. The Kier molecular flexibility index (Phi) is 8.10. The summed E-state index contributed by atoms with van der Waals surface area (Å²) in [7, 11) is -1.96. The van der Waals surface area contributed by atoms with Crippen molar-refractivity contribution in [2.45, 2.75) is 37.4 Å². The number of hydrogen-bond acceptors (Lipinski definition) is 5. The fourth-order valence-corrected chi connectivity index (χ4v) is 6.40. The van der Waals surface area contributed by atoms with Crippen LogP contribution >= 0.6 is 0 Å². The van der Waals surface area contributed by atoms with Gasteiger partial charge in [0.1, 0.15) is 22.6 Å². The highest BCUT2D eigenvalue weighted by Gasteiger charge is 2.38. The van der Waals surface area contributed by atoms with Crippen LogP contribution in [0.25, 0.3) is 11.1 Å². The molecule has 6 nitrogen and oxygen atoms in total. The van der Waals surface area contributed by atoms with Gasteiger partial charge >= 0.3 is 0 Å². The minimum atomic E-state index is -3.90. The van der Waals surface area contributed by atoms with E-state index in [-0.39, 0.29) is 35.9 Å². The standard InChI is InChI=1S/C28H33FN2O4S/c1-20-16-31(21(2)19-32)36(33,34)28-13-12-24(23-9-5-4-6-10-23)15-26(28)35-27(20)18-30(3)17-22-8-7-11-25(29)14-22/h4-15,20-21,27,32H,16-19H2,1-3H3/t20-,21+,27-/m1/s1. The van der Waals surface area contributed by atoms with Crippen LogP contribution in [0, 0.1) is 11.7 Å². The van der Waals surface area contributed by atoms with Gasteiger partial charge in [0, 0.05) is 31.6 Å². The fraction of sp³-hybridized carbons (Fsp3) is 0.357. The number of halogens is 1. The Morgan fingerprint density at radius 1 is 1.08 bits per heavy atom. The van der Waals surface area contributed by atoms with Gasteiger partial charge in [-0.1, -0.05) is 55.5 Å². The van der Waals surface area contributed by atoms with E-state index in [0.717, 1.165) is 16.7 Å². The molecule has 8 heteroatoms. The third kappa shape index (κ3) is 5.78. The Morgan fingerprint density at radius 2 is 1.83 bits per heavy atom. The fourth-order valence-electron chi connectivity index (χ4n) is 4.57. The van der Waals surface area contributed by atoms with Gasteiger partial charge < -0.3 is 9.84 Å². The van der Waals surface area contributed by atoms with E-state index in [0.29, 0.717) is 18.8 Å². The summed E-state index contributed by atoms with van der Waals surface area (Å²) in [6.45, 7) is 4.62. The first-order chi connectivity index (χ1) is 17.2. The highest BCUT2D eigenvalue weighted by atomic mass is 32.2. The molecule has 1 aliphatic heterocycles. The smallest absolute Gasteiger partial charge is 0.247 e. The molecular weight excluding hydrogens is 479 g/mol. The maximum Gasteiger partial charge on any atom is 0.247 e. The zero-order valence-electron chi connectivity index (χ0n) is 20.8. The zero-order valence-corrected chi connectivity index (χ0v) is 21.7. The van der Waals surface area contributed by atoms with Crippen molar-refractivity contribution in [2.75, 3.05) is 26.7 Å². The summed E-state index contributed by atoms with van der Waals surface area (Å²) in [5, 5.41) is 9.83. The molecule has 4 rings (SSSR count). The number of nitrogens with zero attached hydrogens (tertiary/aromatic N) is 2. The summed E-state index contributed by atoms with van der Waals surface area (Å²) in [5.74, 6) is -0.155. The molecule has 0 radical (unpaired) electrons. The predicted octanol–water partition coefficient (Wildman–Crippen LogP) is 4.39. The van der Waals surface area contributed by atoms with Gasteiger partial charge in [0.25, 0.3) is 0 Å². The second-order valence-electron chi connectivity index (χ2n) is 9.59. The van der Waals surface area contributed by atoms with Crippen LogP contribution in [0.2, 0.25) is 0 Å². The molecule has 0 unspecified atom stereocenters. The molecule has 0 spiro atoms. The number of rotatable bonds is 7. The van der Waals surface area contributed by atoms with Crippen molar-refractivity contribution in [3.63, 3.8) is 0 Å². The summed E-state index contributed by atoms with van der Waals surface area (Å²) >= 11 is 0. The molecule has 0 amide bonds. The molecule has 3 atom stereocenters. The second-order valence-corrected chi connectivity index (χ2v) is 11.5. The molecule has 36 heavy (non-hydrogen) atoms. The first-order valence-corrected chi connectivity index (χ1v) is 13.5.